The topological polar surface area (TPSA) is 92.1 Å². The van der Waals surface area contributed by atoms with Crippen LogP contribution in [0.25, 0.3) is 0 Å². The van der Waals surface area contributed by atoms with Gasteiger partial charge in [0.25, 0.3) is 5.91 Å². The molecule has 3 rings (SSSR count). The Morgan fingerprint density at radius 3 is 2.65 bits per heavy atom. The Kier molecular flexibility index (Phi) is 4.09. The molecule has 3 heterocycles. The number of amides is 1. The Labute approximate surface area is 134 Å². The summed E-state index contributed by atoms with van der Waals surface area (Å²) in [5.41, 5.74) is 0.800. The van der Waals surface area contributed by atoms with E-state index in [4.69, 9.17) is 0 Å². The second kappa shape index (κ2) is 6.19. The van der Waals surface area contributed by atoms with E-state index in [0.29, 0.717) is 17.5 Å². The van der Waals surface area contributed by atoms with Gasteiger partial charge in [-0.1, -0.05) is 5.21 Å². The van der Waals surface area contributed by atoms with E-state index in [9.17, 15) is 4.79 Å². The summed E-state index contributed by atoms with van der Waals surface area (Å²) < 4.78 is 1.48. The highest BCUT2D eigenvalue weighted by Crippen LogP contribution is 2.25. The quantitative estimate of drug-likeness (QED) is 0.879. The number of nitrogens with zero attached hydrogens (tertiary/aromatic N) is 7. The molecule has 9 nitrogen and oxygen atoms in total. The molecule has 1 N–H and O–H groups in total. The van der Waals surface area contributed by atoms with Crippen molar-refractivity contribution < 1.29 is 4.79 Å². The van der Waals surface area contributed by atoms with Crippen molar-refractivity contribution in [2.75, 3.05) is 42.3 Å². The number of aromatic nitrogens is 5. The van der Waals surface area contributed by atoms with Crippen molar-refractivity contribution in [3.8, 4) is 0 Å². The minimum Gasteiger partial charge on any atom is -0.361 e. The molecular weight excluding hydrogens is 296 g/mol. The van der Waals surface area contributed by atoms with Gasteiger partial charge in [0.05, 0.1) is 12.4 Å². The molecule has 9 heteroatoms. The summed E-state index contributed by atoms with van der Waals surface area (Å²) in [6.45, 7) is 1.94. The highest BCUT2D eigenvalue weighted by atomic mass is 16.2. The van der Waals surface area contributed by atoms with Gasteiger partial charge in [-0.05, 0) is 12.8 Å². The highest BCUT2D eigenvalue weighted by Gasteiger charge is 2.19. The Morgan fingerprint density at radius 2 is 2.04 bits per heavy atom. The maximum atomic E-state index is 12.2. The summed E-state index contributed by atoms with van der Waals surface area (Å²) in [6, 6.07) is 0. The van der Waals surface area contributed by atoms with Crippen molar-refractivity contribution >= 4 is 23.4 Å². The average Bonchev–Trinajstić information content (AvgIpc) is 3.18. The molecule has 1 saturated heterocycles. The van der Waals surface area contributed by atoms with Crippen molar-refractivity contribution in [2.45, 2.75) is 12.8 Å². The highest BCUT2D eigenvalue weighted by molar-refractivity contribution is 6.04. The van der Waals surface area contributed by atoms with Gasteiger partial charge in [0.2, 0.25) is 5.95 Å². The first-order chi connectivity index (χ1) is 11.0. The minimum atomic E-state index is -0.335. The molecule has 0 saturated carbocycles. The minimum absolute atomic E-state index is 0.251. The van der Waals surface area contributed by atoms with Crippen LogP contribution >= 0.6 is 0 Å². The zero-order valence-electron chi connectivity index (χ0n) is 13.5. The van der Waals surface area contributed by atoms with Crippen LogP contribution in [0.5, 0.6) is 0 Å². The standard InChI is InChI=1S/C14H20N8O/c1-20(2)12-10(16-13(23)11-9-21(3)19-18-11)8-15-14(17-12)22-6-4-5-7-22/h8-9H,4-7H2,1-3H3,(H,16,23). The molecule has 0 radical (unpaired) electrons. The predicted molar refractivity (Wildman–Crippen MR) is 86.8 cm³/mol. The van der Waals surface area contributed by atoms with Crippen LogP contribution in [0.15, 0.2) is 12.4 Å². The molecule has 0 bridgehead atoms. The normalized spacial score (nSPS) is 14.1. The van der Waals surface area contributed by atoms with E-state index < -0.39 is 0 Å². The smallest absolute Gasteiger partial charge is 0.277 e. The van der Waals surface area contributed by atoms with Gasteiger partial charge in [-0.2, -0.15) is 4.98 Å². The van der Waals surface area contributed by atoms with Gasteiger partial charge in [0.1, 0.15) is 5.69 Å². The number of rotatable bonds is 4. The summed E-state index contributed by atoms with van der Waals surface area (Å²) in [5, 5.41) is 10.4. The van der Waals surface area contributed by atoms with Crippen molar-refractivity contribution in [3.63, 3.8) is 0 Å². The maximum absolute atomic E-state index is 12.2. The summed E-state index contributed by atoms with van der Waals surface area (Å²) in [6.07, 6.45) is 5.52. The lowest BCUT2D eigenvalue weighted by molar-refractivity contribution is 0.102. The van der Waals surface area contributed by atoms with Crippen molar-refractivity contribution in [2.24, 2.45) is 7.05 Å². The number of anilines is 3. The van der Waals surface area contributed by atoms with E-state index in [2.05, 4.69) is 30.5 Å². The lowest BCUT2D eigenvalue weighted by Gasteiger charge is -2.20. The first kappa shape index (κ1) is 15.2. The Balaban J connectivity index is 1.84. The fourth-order valence-electron chi connectivity index (χ4n) is 2.50. The van der Waals surface area contributed by atoms with Crippen molar-refractivity contribution in [1.29, 1.82) is 0 Å². The zero-order chi connectivity index (χ0) is 16.4. The molecular formula is C14H20N8O. The van der Waals surface area contributed by atoms with Crippen LogP contribution in [0.2, 0.25) is 0 Å². The Bertz CT molecular complexity index is 705. The van der Waals surface area contributed by atoms with Gasteiger partial charge in [0.15, 0.2) is 11.5 Å². The molecule has 0 spiro atoms. The number of hydrogen-bond donors (Lipinski definition) is 1. The first-order valence-corrected chi connectivity index (χ1v) is 7.51. The molecule has 122 valence electrons. The van der Waals surface area contributed by atoms with E-state index >= 15 is 0 Å². The van der Waals surface area contributed by atoms with Crippen LogP contribution < -0.4 is 15.1 Å². The van der Waals surface area contributed by atoms with E-state index in [1.807, 2.05) is 19.0 Å². The van der Waals surface area contributed by atoms with Crippen LogP contribution in [-0.2, 0) is 7.05 Å². The van der Waals surface area contributed by atoms with Gasteiger partial charge >= 0.3 is 0 Å². The lowest BCUT2D eigenvalue weighted by atomic mass is 10.4. The summed E-state index contributed by atoms with van der Waals surface area (Å²) >= 11 is 0. The van der Waals surface area contributed by atoms with E-state index in [1.165, 1.54) is 4.68 Å². The van der Waals surface area contributed by atoms with Gasteiger partial charge in [0, 0.05) is 34.2 Å². The number of carbonyl (C=O) groups excluding carboxylic acids is 1. The first-order valence-electron chi connectivity index (χ1n) is 7.51. The molecule has 0 aliphatic carbocycles. The van der Waals surface area contributed by atoms with E-state index in [-0.39, 0.29) is 11.6 Å². The Hall–Kier alpha value is -2.71. The molecule has 1 aliphatic rings. The molecule has 2 aromatic rings. The fourth-order valence-corrected chi connectivity index (χ4v) is 2.50. The van der Waals surface area contributed by atoms with Crippen LogP contribution in [0, 0.1) is 0 Å². The summed E-state index contributed by atoms with van der Waals surface area (Å²) in [5.74, 6) is 1.03. The monoisotopic (exact) mass is 316 g/mol. The number of aryl methyl sites for hydroxylation is 1. The van der Waals surface area contributed by atoms with Crippen LogP contribution in [0.3, 0.4) is 0 Å². The predicted octanol–water partition coefficient (Wildman–Crippen LogP) is 0.524. The number of hydrogen-bond acceptors (Lipinski definition) is 7. The third-order valence-corrected chi connectivity index (χ3v) is 3.65. The zero-order valence-corrected chi connectivity index (χ0v) is 13.5. The van der Waals surface area contributed by atoms with Crippen LogP contribution in [-0.4, -0.2) is 58.1 Å². The summed E-state index contributed by atoms with van der Waals surface area (Å²) in [7, 11) is 5.48. The van der Waals surface area contributed by atoms with Crippen LogP contribution in [0.4, 0.5) is 17.5 Å². The lowest BCUT2D eigenvalue weighted by Crippen LogP contribution is -2.24. The Morgan fingerprint density at radius 1 is 1.30 bits per heavy atom. The third kappa shape index (κ3) is 3.22. The molecule has 0 atom stereocenters. The van der Waals surface area contributed by atoms with E-state index in [1.54, 1.807) is 19.4 Å². The molecule has 1 fully saturated rings. The SMILES string of the molecule is CN(C)c1nc(N2CCCC2)ncc1NC(=O)c1cn(C)nn1. The molecule has 1 amide bonds. The fraction of sp³-hybridized carbons (Fsp3) is 0.500. The second-order valence-corrected chi connectivity index (χ2v) is 5.73. The molecule has 23 heavy (non-hydrogen) atoms. The molecule has 2 aromatic heterocycles. The summed E-state index contributed by atoms with van der Waals surface area (Å²) in [4.78, 5) is 25.2. The number of nitrogens with one attached hydrogen (secondary N) is 1. The largest absolute Gasteiger partial charge is 0.361 e. The van der Waals surface area contributed by atoms with Gasteiger partial charge < -0.3 is 15.1 Å². The van der Waals surface area contributed by atoms with Gasteiger partial charge in [-0.15, -0.1) is 5.10 Å². The third-order valence-electron chi connectivity index (χ3n) is 3.65. The van der Waals surface area contributed by atoms with Crippen molar-refractivity contribution in [3.05, 3.63) is 18.1 Å². The average molecular weight is 316 g/mol. The van der Waals surface area contributed by atoms with Crippen LogP contribution in [0.1, 0.15) is 23.3 Å². The molecule has 0 aromatic carbocycles. The van der Waals surface area contributed by atoms with Gasteiger partial charge in [-0.3, -0.25) is 9.48 Å². The number of carbonyl (C=O) groups is 1. The maximum Gasteiger partial charge on any atom is 0.277 e. The van der Waals surface area contributed by atoms with Gasteiger partial charge in [-0.25, -0.2) is 4.98 Å². The molecule has 1 aliphatic heterocycles. The molecule has 0 unspecified atom stereocenters. The second-order valence-electron chi connectivity index (χ2n) is 5.73. The van der Waals surface area contributed by atoms with E-state index in [0.717, 1.165) is 25.9 Å². The van der Waals surface area contributed by atoms with Crippen molar-refractivity contribution in [1.82, 2.24) is 25.0 Å².